The van der Waals surface area contributed by atoms with Crippen LogP contribution in [0.4, 0.5) is 0 Å². The van der Waals surface area contributed by atoms with Crippen molar-refractivity contribution in [1.82, 2.24) is 0 Å². The number of allylic oxidation sites excluding steroid dienone is 2. The highest BCUT2D eigenvalue weighted by atomic mass is 16.5. The van der Waals surface area contributed by atoms with Crippen molar-refractivity contribution in [2.75, 3.05) is 0 Å². The highest BCUT2D eigenvalue weighted by molar-refractivity contribution is 5.97. The van der Waals surface area contributed by atoms with E-state index in [1.54, 1.807) is 0 Å². The van der Waals surface area contributed by atoms with E-state index in [4.69, 9.17) is 13.9 Å². The van der Waals surface area contributed by atoms with Crippen LogP contribution in [0.5, 0.6) is 28.7 Å². The quantitative estimate of drug-likeness (QED) is 0.364. The van der Waals surface area contributed by atoms with Gasteiger partial charge in [-0.3, -0.25) is 4.79 Å². The zero-order chi connectivity index (χ0) is 26.6. The van der Waals surface area contributed by atoms with Crippen molar-refractivity contribution in [2.45, 2.75) is 71.5 Å². The Hall–Kier alpha value is -3.87. The lowest BCUT2D eigenvalue weighted by atomic mass is 9.74. The topological polar surface area (TPSA) is 109 Å². The Bertz CT molecular complexity index is 1650. The summed E-state index contributed by atoms with van der Waals surface area (Å²) in [4.78, 5) is 14.1. The van der Waals surface area contributed by atoms with Gasteiger partial charge in [0.25, 0.3) is 0 Å². The lowest BCUT2D eigenvalue weighted by Gasteiger charge is -2.32. The Morgan fingerprint density at radius 1 is 1.08 bits per heavy atom. The SMILES string of the molecule is CC(C)=CCc1c2c(c3oc4c(c(=O)c3c1O)C[C@@H]1c3c(c(O)cc(O)c3-4)OC1(C)C)C=CC(C)(C)O2. The molecule has 1 aliphatic carbocycles. The summed E-state index contributed by atoms with van der Waals surface area (Å²) in [5.74, 6) is 0.183. The summed E-state index contributed by atoms with van der Waals surface area (Å²) in [5, 5.41) is 33.0. The van der Waals surface area contributed by atoms with E-state index in [2.05, 4.69) is 0 Å². The number of aromatic hydroxyl groups is 3. The van der Waals surface area contributed by atoms with E-state index < -0.39 is 11.2 Å². The zero-order valence-electron chi connectivity index (χ0n) is 21.8. The smallest absolute Gasteiger partial charge is 0.200 e. The molecule has 0 fully saturated rings. The van der Waals surface area contributed by atoms with Gasteiger partial charge in [-0.25, -0.2) is 0 Å². The van der Waals surface area contributed by atoms with Gasteiger partial charge < -0.3 is 29.2 Å². The van der Waals surface area contributed by atoms with Crippen LogP contribution in [0.2, 0.25) is 0 Å². The summed E-state index contributed by atoms with van der Waals surface area (Å²) in [5.41, 5.74) is 2.00. The van der Waals surface area contributed by atoms with Crippen LogP contribution >= 0.6 is 0 Å². The van der Waals surface area contributed by atoms with Gasteiger partial charge in [-0.1, -0.05) is 11.6 Å². The fraction of sp³-hybridized carbons (Fsp3) is 0.367. The minimum absolute atomic E-state index is 0.0984. The predicted octanol–water partition coefficient (Wildman–Crippen LogP) is 6.08. The second-order valence-electron chi connectivity index (χ2n) is 11.5. The molecule has 2 aliphatic heterocycles. The number of ether oxygens (including phenoxy) is 2. The van der Waals surface area contributed by atoms with Gasteiger partial charge in [-0.2, -0.15) is 0 Å². The second-order valence-corrected chi connectivity index (χ2v) is 11.5. The molecule has 0 amide bonds. The largest absolute Gasteiger partial charge is 0.507 e. The molecular weight excluding hydrogens is 472 g/mol. The van der Waals surface area contributed by atoms with Crippen LogP contribution < -0.4 is 14.9 Å². The van der Waals surface area contributed by atoms with Crippen LogP contribution in [-0.4, -0.2) is 26.5 Å². The Kier molecular flexibility index (Phi) is 4.67. The van der Waals surface area contributed by atoms with Crippen LogP contribution in [-0.2, 0) is 12.8 Å². The van der Waals surface area contributed by atoms with Gasteiger partial charge in [-0.05, 0) is 66.5 Å². The van der Waals surface area contributed by atoms with Crippen LogP contribution in [0.15, 0.2) is 33.0 Å². The highest BCUT2D eigenvalue weighted by Gasteiger charge is 2.49. The average molecular weight is 503 g/mol. The summed E-state index contributed by atoms with van der Waals surface area (Å²) in [6.45, 7) is 11.6. The molecule has 0 saturated carbocycles. The third kappa shape index (κ3) is 3.22. The fourth-order valence-electron chi connectivity index (χ4n) is 5.80. The molecule has 3 aliphatic rings. The Morgan fingerprint density at radius 2 is 1.81 bits per heavy atom. The van der Waals surface area contributed by atoms with Crippen LogP contribution in [0.1, 0.15) is 69.7 Å². The van der Waals surface area contributed by atoms with Gasteiger partial charge in [0.2, 0.25) is 0 Å². The molecule has 2 aromatic carbocycles. The average Bonchev–Trinajstić information content (AvgIpc) is 3.07. The van der Waals surface area contributed by atoms with Crippen molar-refractivity contribution < 1.29 is 29.2 Å². The number of fused-ring (bicyclic) bond motifs is 5. The first-order chi connectivity index (χ1) is 17.3. The lowest BCUT2D eigenvalue weighted by Crippen LogP contribution is -2.34. The van der Waals surface area contributed by atoms with Gasteiger partial charge in [0, 0.05) is 28.7 Å². The van der Waals surface area contributed by atoms with Crippen molar-refractivity contribution >= 4 is 17.0 Å². The van der Waals surface area contributed by atoms with Gasteiger partial charge in [0.15, 0.2) is 22.5 Å². The molecule has 7 nitrogen and oxygen atoms in total. The first kappa shape index (κ1) is 23.5. The van der Waals surface area contributed by atoms with Gasteiger partial charge in [0.05, 0.1) is 11.1 Å². The number of hydrogen-bond acceptors (Lipinski definition) is 7. The fourth-order valence-corrected chi connectivity index (χ4v) is 5.80. The third-order valence-electron chi connectivity index (χ3n) is 7.69. The molecule has 192 valence electrons. The molecule has 3 N–H and O–H groups in total. The summed E-state index contributed by atoms with van der Waals surface area (Å²) in [6.07, 6.45) is 6.40. The van der Waals surface area contributed by atoms with Gasteiger partial charge >= 0.3 is 0 Å². The van der Waals surface area contributed by atoms with Crippen LogP contribution in [0.3, 0.4) is 0 Å². The second kappa shape index (κ2) is 7.34. The first-order valence-electron chi connectivity index (χ1n) is 12.5. The number of phenolic OH excluding ortho intramolecular Hbond substituents is 3. The highest BCUT2D eigenvalue weighted by Crippen LogP contribution is 2.60. The molecule has 7 heteroatoms. The van der Waals surface area contributed by atoms with Crippen LogP contribution in [0.25, 0.3) is 28.4 Å². The standard InChI is InChI=1S/C30H30O7/c1-13(2)7-8-14-23(33)22-24(34)16-11-17-20-21(18(31)12-19(32)28(20)37-30(17,5)6)27(16)35-26(22)15-9-10-29(3,4)36-25(14)15/h7,9-10,12,17,31-33H,8,11H2,1-6H3/t17-/m1/s1. The molecule has 3 aromatic rings. The number of phenols is 3. The molecule has 0 spiro atoms. The van der Waals surface area contributed by atoms with E-state index >= 15 is 0 Å². The number of hydrogen-bond donors (Lipinski definition) is 3. The number of benzene rings is 2. The summed E-state index contributed by atoms with van der Waals surface area (Å²) in [7, 11) is 0. The van der Waals surface area contributed by atoms with E-state index in [-0.39, 0.29) is 51.7 Å². The van der Waals surface area contributed by atoms with E-state index in [1.807, 2.05) is 59.8 Å². The Balaban J connectivity index is 1.73. The molecule has 1 atom stereocenters. The molecule has 0 radical (unpaired) electrons. The Labute approximate surface area is 214 Å². The molecule has 3 heterocycles. The van der Waals surface area contributed by atoms with Gasteiger partial charge in [-0.15, -0.1) is 0 Å². The Morgan fingerprint density at radius 3 is 2.51 bits per heavy atom. The van der Waals surface area contributed by atoms with Crippen molar-refractivity contribution in [1.29, 1.82) is 0 Å². The maximum atomic E-state index is 14.1. The van der Waals surface area contributed by atoms with Crippen molar-refractivity contribution in [3.63, 3.8) is 0 Å². The normalized spacial score (nSPS) is 19.5. The molecule has 37 heavy (non-hydrogen) atoms. The minimum Gasteiger partial charge on any atom is -0.507 e. The van der Waals surface area contributed by atoms with Crippen LogP contribution in [0, 0.1) is 0 Å². The van der Waals surface area contributed by atoms with Crippen molar-refractivity contribution in [3.8, 4) is 40.1 Å². The molecule has 1 aromatic heterocycles. The molecule has 6 rings (SSSR count). The lowest BCUT2D eigenvalue weighted by molar-refractivity contribution is 0.106. The molecular formula is C30H30O7. The number of rotatable bonds is 2. The molecule has 0 saturated heterocycles. The summed E-state index contributed by atoms with van der Waals surface area (Å²) >= 11 is 0. The minimum atomic E-state index is -0.726. The van der Waals surface area contributed by atoms with E-state index in [1.165, 1.54) is 6.07 Å². The van der Waals surface area contributed by atoms with E-state index in [9.17, 15) is 20.1 Å². The summed E-state index contributed by atoms with van der Waals surface area (Å²) < 4.78 is 18.8. The molecule has 0 bridgehead atoms. The maximum absolute atomic E-state index is 14.1. The van der Waals surface area contributed by atoms with Gasteiger partial charge in [0.1, 0.15) is 39.6 Å². The third-order valence-corrected chi connectivity index (χ3v) is 7.69. The molecule has 0 unspecified atom stereocenters. The zero-order valence-corrected chi connectivity index (χ0v) is 21.8. The monoisotopic (exact) mass is 502 g/mol. The maximum Gasteiger partial charge on any atom is 0.200 e. The predicted molar refractivity (Wildman–Crippen MR) is 141 cm³/mol. The van der Waals surface area contributed by atoms with E-state index in [0.29, 0.717) is 45.7 Å². The summed E-state index contributed by atoms with van der Waals surface area (Å²) in [6, 6.07) is 1.22. The first-order valence-corrected chi connectivity index (χ1v) is 12.5. The van der Waals surface area contributed by atoms with Crippen molar-refractivity contribution in [3.05, 3.63) is 56.3 Å². The van der Waals surface area contributed by atoms with Crippen molar-refractivity contribution in [2.24, 2.45) is 0 Å². The van der Waals surface area contributed by atoms with E-state index in [0.717, 1.165) is 5.57 Å².